The molecule has 3 fully saturated rings. The van der Waals surface area contributed by atoms with E-state index in [0.29, 0.717) is 23.7 Å². The van der Waals surface area contributed by atoms with Crippen molar-refractivity contribution in [3.63, 3.8) is 0 Å². The smallest absolute Gasteiger partial charge is 0.273 e. The normalized spacial score (nSPS) is 30.2. The minimum Gasteiger partial charge on any atom is -0.360 e. The van der Waals surface area contributed by atoms with Gasteiger partial charge in [0.1, 0.15) is 5.76 Å². The van der Waals surface area contributed by atoms with Gasteiger partial charge in [-0.25, -0.2) is 0 Å². The number of piperidine rings is 1. The zero-order valence-corrected chi connectivity index (χ0v) is 11.7. The molecular weight excluding hydrogens is 254 g/mol. The van der Waals surface area contributed by atoms with Crippen molar-refractivity contribution in [2.45, 2.75) is 56.5 Å². The number of nitrogens with one attached hydrogen (secondary N) is 1. The lowest BCUT2D eigenvalue weighted by Crippen LogP contribution is -2.47. The summed E-state index contributed by atoms with van der Waals surface area (Å²) in [6.07, 6.45) is 7.04. The molecule has 4 rings (SSSR count). The first-order valence-electron chi connectivity index (χ1n) is 7.81. The average molecular weight is 275 g/mol. The van der Waals surface area contributed by atoms with Crippen molar-refractivity contribution in [2.24, 2.45) is 0 Å². The molecule has 20 heavy (non-hydrogen) atoms. The van der Waals surface area contributed by atoms with E-state index in [1.54, 1.807) is 0 Å². The van der Waals surface area contributed by atoms with Crippen molar-refractivity contribution >= 4 is 5.91 Å². The molecule has 1 aromatic heterocycles. The van der Waals surface area contributed by atoms with Gasteiger partial charge in [0.25, 0.3) is 5.91 Å². The fourth-order valence-corrected chi connectivity index (χ4v) is 3.57. The van der Waals surface area contributed by atoms with Crippen LogP contribution in [-0.2, 0) is 0 Å². The topological polar surface area (TPSA) is 58.4 Å². The molecule has 1 aliphatic carbocycles. The van der Waals surface area contributed by atoms with Crippen LogP contribution in [0, 0.1) is 0 Å². The molecule has 0 spiro atoms. The summed E-state index contributed by atoms with van der Waals surface area (Å²) in [7, 11) is 0. The van der Waals surface area contributed by atoms with E-state index < -0.39 is 0 Å². The Hall–Kier alpha value is -1.36. The van der Waals surface area contributed by atoms with Gasteiger partial charge < -0.3 is 14.7 Å². The number of nitrogens with zero attached hydrogens (tertiary/aromatic N) is 2. The lowest BCUT2D eigenvalue weighted by molar-refractivity contribution is 0.0887. The highest BCUT2D eigenvalue weighted by atomic mass is 16.5. The maximum absolute atomic E-state index is 12.2. The molecule has 2 aliphatic heterocycles. The fourth-order valence-electron chi connectivity index (χ4n) is 3.57. The van der Waals surface area contributed by atoms with Gasteiger partial charge in [-0.3, -0.25) is 4.79 Å². The lowest BCUT2D eigenvalue weighted by atomic mass is 9.97. The first-order valence-corrected chi connectivity index (χ1v) is 7.81. The third-order valence-electron chi connectivity index (χ3n) is 4.90. The molecule has 108 valence electrons. The fraction of sp³-hybridized carbons (Fsp3) is 0.733. The van der Waals surface area contributed by atoms with Crippen molar-refractivity contribution in [3.8, 4) is 0 Å². The van der Waals surface area contributed by atoms with Crippen LogP contribution in [0.4, 0.5) is 0 Å². The number of amides is 1. The molecule has 1 amide bonds. The van der Waals surface area contributed by atoms with Gasteiger partial charge in [0.05, 0.1) is 0 Å². The summed E-state index contributed by atoms with van der Waals surface area (Å²) >= 11 is 0. The first-order chi connectivity index (χ1) is 9.79. The number of aromatic nitrogens is 1. The van der Waals surface area contributed by atoms with Crippen molar-refractivity contribution < 1.29 is 9.32 Å². The summed E-state index contributed by atoms with van der Waals surface area (Å²) < 4.78 is 5.25. The molecule has 5 heteroatoms. The lowest BCUT2D eigenvalue weighted by Gasteiger charge is -2.34. The van der Waals surface area contributed by atoms with Crippen molar-refractivity contribution in [2.75, 3.05) is 13.1 Å². The summed E-state index contributed by atoms with van der Waals surface area (Å²) in [5.41, 5.74) is 0.445. The monoisotopic (exact) mass is 275 g/mol. The summed E-state index contributed by atoms with van der Waals surface area (Å²) in [4.78, 5) is 14.8. The van der Waals surface area contributed by atoms with Crippen LogP contribution in [0.15, 0.2) is 10.6 Å². The Kier molecular flexibility index (Phi) is 3.02. The van der Waals surface area contributed by atoms with E-state index in [1.807, 2.05) is 6.07 Å². The zero-order valence-electron chi connectivity index (χ0n) is 11.7. The molecule has 5 nitrogen and oxygen atoms in total. The van der Waals surface area contributed by atoms with Gasteiger partial charge in [-0.1, -0.05) is 5.16 Å². The van der Waals surface area contributed by atoms with Crippen molar-refractivity contribution in [1.29, 1.82) is 0 Å². The van der Waals surface area contributed by atoms with Crippen LogP contribution in [-0.4, -0.2) is 41.1 Å². The Balaban J connectivity index is 1.36. The Bertz CT molecular complexity index is 509. The van der Waals surface area contributed by atoms with Gasteiger partial charge in [0.15, 0.2) is 5.69 Å². The highest BCUT2D eigenvalue weighted by molar-refractivity contribution is 5.92. The van der Waals surface area contributed by atoms with Crippen LogP contribution in [0.3, 0.4) is 0 Å². The summed E-state index contributed by atoms with van der Waals surface area (Å²) in [5, 5.41) is 7.04. The largest absolute Gasteiger partial charge is 0.360 e. The molecule has 2 atom stereocenters. The van der Waals surface area contributed by atoms with E-state index in [4.69, 9.17) is 4.52 Å². The standard InChI is InChI=1S/C15H21N3O2/c19-15(13-9-14(20-17-13)10-3-4-10)16-11-5-7-18-6-1-2-12(18)8-11/h9-12H,1-8H2,(H,16,19). The van der Waals surface area contributed by atoms with Gasteiger partial charge in [0, 0.05) is 30.6 Å². The quantitative estimate of drug-likeness (QED) is 0.915. The second-order valence-corrected chi connectivity index (χ2v) is 6.42. The molecule has 2 unspecified atom stereocenters. The predicted octanol–water partition coefficient (Wildman–Crippen LogP) is 1.91. The number of carbonyl (C=O) groups excluding carboxylic acids is 1. The number of fused-ring (bicyclic) bond motifs is 1. The van der Waals surface area contributed by atoms with Crippen molar-refractivity contribution in [3.05, 3.63) is 17.5 Å². The average Bonchev–Trinajstić information content (AvgIpc) is 3.01. The van der Waals surface area contributed by atoms with Crippen LogP contribution < -0.4 is 5.32 Å². The van der Waals surface area contributed by atoms with E-state index in [1.165, 1.54) is 19.4 Å². The van der Waals surface area contributed by atoms with Crippen LogP contribution in [0.1, 0.15) is 60.7 Å². The molecule has 2 saturated heterocycles. The number of hydrogen-bond donors (Lipinski definition) is 1. The van der Waals surface area contributed by atoms with Crippen LogP contribution in [0.25, 0.3) is 0 Å². The molecule has 3 aliphatic rings. The summed E-state index contributed by atoms with van der Waals surface area (Å²) in [6.45, 7) is 2.35. The maximum atomic E-state index is 12.2. The predicted molar refractivity (Wildman–Crippen MR) is 73.6 cm³/mol. The van der Waals surface area contributed by atoms with E-state index >= 15 is 0 Å². The minimum atomic E-state index is -0.0721. The molecule has 1 saturated carbocycles. The number of hydrogen-bond acceptors (Lipinski definition) is 4. The molecule has 0 radical (unpaired) electrons. The SMILES string of the molecule is O=C(NC1CCN2CCCC2C1)c1cc(C2CC2)on1. The first kappa shape index (κ1) is 12.4. The Morgan fingerprint density at radius 1 is 1.30 bits per heavy atom. The second kappa shape index (κ2) is 4.88. The van der Waals surface area contributed by atoms with Gasteiger partial charge in [0.2, 0.25) is 0 Å². The molecule has 0 bridgehead atoms. The highest BCUT2D eigenvalue weighted by Crippen LogP contribution is 2.40. The maximum Gasteiger partial charge on any atom is 0.273 e. The van der Waals surface area contributed by atoms with E-state index in [2.05, 4.69) is 15.4 Å². The third-order valence-corrected chi connectivity index (χ3v) is 4.90. The van der Waals surface area contributed by atoms with Crippen LogP contribution >= 0.6 is 0 Å². The van der Waals surface area contributed by atoms with E-state index in [0.717, 1.165) is 38.0 Å². The molecular formula is C15H21N3O2. The van der Waals surface area contributed by atoms with E-state index in [-0.39, 0.29) is 5.91 Å². The van der Waals surface area contributed by atoms with E-state index in [9.17, 15) is 4.79 Å². The second-order valence-electron chi connectivity index (χ2n) is 6.42. The van der Waals surface area contributed by atoms with Gasteiger partial charge in [-0.05, 0) is 45.1 Å². The third kappa shape index (κ3) is 2.35. The van der Waals surface area contributed by atoms with Crippen molar-refractivity contribution in [1.82, 2.24) is 15.4 Å². The Labute approximate surface area is 118 Å². The van der Waals surface area contributed by atoms with Gasteiger partial charge in [-0.15, -0.1) is 0 Å². The zero-order chi connectivity index (χ0) is 13.5. The van der Waals surface area contributed by atoms with Gasteiger partial charge >= 0.3 is 0 Å². The van der Waals surface area contributed by atoms with Crippen LogP contribution in [0.2, 0.25) is 0 Å². The summed E-state index contributed by atoms with van der Waals surface area (Å²) in [6, 6.07) is 2.79. The van der Waals surface area contributed by atoms with Crippen LogP contribution in [0.5, 0.6) is 0 Å². The Morgan fingerprint density at radius 2 is 2.20 bits per heavy atom. The molecule has 0 aromatic carbocycles. The highest BCUT2D eigenvalue weighted by Gasteiger charge is 2.33. The van der Waals surface area contributed by atoms with Gasteiger partial charge in [-0.2, -0.15) is 0 Å². The number of rotatable bonds is 3. The Morgan fingerprint density at radius 3 is 3.05 bits per heavy atom. The molecule has 1 aromatic rings. The minimum absolute atomic E-state index is 0.0721. The molecule has 1 N–H and O–H groups in total. The number of carbonyl (C=O) groups is 1. The summed E-state index contributed by atoms with van der Waals surface area (Å²) in [5.74, 6) is 1.31. The molecule has 3 heterocycles.